The summed E-state index contributed by atoms with van der Waals surface area (Å²) in [4.78, 5) is 26.9. The first-order valence-corrected chi connectivity index (χ1v) is 9.73. The zero-order valence-corrected chi connectivity index (χ0v) is 15.5. The summed E-state index contributed by atoms with van der Waals surface area (Å²) in [6.45, 7) is 6.12. The van der Waals surface area contributed by atoms with Crippen molar-refractivity contribution in [1.82, 2.24) is 10.2 Å². The maximum Gasteiger partial charge on any atom is 0.236 e. The molecule has 25 heavy (non-hydrogen) atoms. The molecule has 1 aromatic carbocycles. The Kier molecular flexibility index (Phi) is 5.89. The molecule has 2 aliphatic rings. The molecule has 0 aromatic heterocycles. The lowest BCUT2D eigenvalue weighted by Crippen LogP contribution is -2.43. The van der Waals surface area contributed by atoms with Crippen LogP contribution in [-0.2, 0) is 4.79 Å². The van der Waals surface area contributed by atoms with Crippen molar-refractivity contribution in [3.05, 3.63) is 35.4 Å². The van der Waals surface area contributed by atoms with E-state index in [4.69, 9.17) is 0 Å². The van der Waals surface area contributed by atoms with E-state index in [0.29, 0.717) is 18.5 Å². The third kappa shape index (κ3) is 4.69. The molecule has 1 aromatic rings. The van der Waals surface area contributed by atoms with Crippen LogP contribution < -0.4 is 5.32 Å². The number of ketones is 1. The van der Waals surface area contributed by atoms with Crippen LogP contribution in [0.5, 0.6) is 0 Å². The summed E-state index contributed by atoms with van der Waals surface area (Å²) in [7, 11) is 0. The predicted molar refractivity (Wildman–Crippen MR) is 99.8 cm³/mol. The first kappa shape index (κ1) is 18.1. The smallest absolute Gasteiger partial charge is 0.236 e. The van der Waals surface area contributed by atoms with Crippen molar-refractivity contribution >= 4 is 11.7 Å². The molecule has 4 heteroatoms. The van der Waals surface area contributed by atoms with E-state index in [9.17, 15) is 9.59 Å². The van der Waals surface area contributed by atoms with Crippen LogP contribution in [0.3, 0.4) is 0 Å². The summed E-state index contributed by atoms with van der Waals surface area (Å²) in [6.07, 6.45) is 5.38. The van der Waals surface area contributed by atoms with Crippen LogP contribution in [0.25, 0.3) is 0 Å². The number of likely N-dealkylation sites (tertiary alicyclic amines) is 1. The molecule has 2 atom stereocenters. The fourth-order valence-electron chi connectivity index (χ4n) is 3.52. The first-order chi connectivity index (χ1) is 12.1. The monoisotopic (exact) mass is 342 g/mol. The van der Waals surface area contributed by atoms with Gasteiger partial charge in [0.25, 0.3) is 0 Å². The topological polar surface area (TPSA) is 49.4 Å². The van der Waals surface area contributed by atoms with Gasteiger partial charge in [-0.3, -0.25) is 9.59 Å². The highest BCUT2D eigenvalue weighted by Gasteiger charge is 2.27. The second-order valence-corrected chi connectivity index (χ2v) is 7.63. The second-order valence-electron chi connectivity index (χ2n) is 7.63. The van der Waals surface area contributed by atoms with Gasteiger partial charge in [0.1, 0.15) is 0 Å². The number of Topliss-reactive ketones (excluding diaryl/α,β-unsaturated/α-hetero) is 1. The summed E-state index contributed by atoms with van der Waals surface area (Å²) in [5, 5.41) is 3.32. The Morgan fingerprint density at radius 3 is 2.80 bits per heavy atom. The molecule has 1 heterocycles. The van der Waals surface area contributed by atoms with Crippen molar-refractivity contribution in [1.29, 1.82) is 0 Å². The van der Waals surface area contributed by atoms with Crippen molar-refractivity contribution < 1.29 is 9.59 Å². The lowest BCUT2D eigenvalue weighted by molar-refractivity contribution is -0.131. The summed E-state index contributed by atoms with van der Waals surface area (Å²) in [6, 6.07) is 8.63. The standard InChI is InChI=1S/C21H30N2O2/c1-3-15(2)21(25)17-7-4-6-16(12-17)18-8-5-11-23(14-18)20(24)13-22-19-9-10-19/h4,6-7,12,15,18-19,22H,3,5,8-11,13-14H2,1-2H3. The lowest BCUT2D eigenvalue weighted by Gasteiger charge is -2.33. The van der Waals surface area contributed by atoms with E-state index in [1.54, 1.807) is 0 Å². The molecular weight excluding hydrogens is 312 g/mol. The highest BCUT2D eigenvalue weighted by atomic mass is 16.2. The molecule has 1 amide bonds. The van der Waals surface area contributed by atoms with Gasteiger partial charge in [-0.15, -0.1) is 0 Å². The average Bonchev–Trinajstić information content (AvgIpc) is 3.49. The number of hydrogen-bond acceptors (Lipinski definition) is 3. The minimum atomic E-state index is 0.0631. The molecule has 1 saturated carbocycles. The molecule has 0 bridgehead atoms. The molecular formula is C21H30N2O2. The largest absolute Gasteiger partial charge is 0.341 e. The molecule has 1 saturated heterocycles. The summed E-state index contributed by atoms with van der Waals surface area (Å²) in [5.41, 5.74) is 2.01. The van der Waals surface area contributed by atoms with Crippen LogP contribution in [0.2, 0.25) is 0 Å². The quantitative estimate of drug-likeness (QED) is 0.773. The second kappa shape index (κ2) is 8.13. The molecule has 2 unspecified atom stereocenters. The highest BCUT2D eigenvalue weighted by Crippen LogP contribution is 2.28. The van der Waals surface area contributed by atoms with Crippen molar-refractivity contribution in [2.75, 3.05) is 19.6 Å². The molecule has 0 radical (unpaired) electrons. The van der Waals surface area contributed by atoms with Gasteiger partial charge < -0.3 is 10.2 Å². The number of rotatable bonds is 7. The number of hydrogen-bond donors (Lipinski definition) is 1. The molecule has 1 aliphatic carbocycles. The van der Waals surface area contributed by atoms with Crippen LogP contribution in [0.4, 0.5) is 0 Å². The Bertz CT molecular complexity index is 624. The third-order valence-corrected chi connectivity index (χ3v) is 5.60. The van der Waals surface area contributed by atoms with E-state index < -0.39 is 0 Å². The van der Waals surface area contributed by atoms with Gasteiger partial charge in [-0.2, -0.15) is 0 Å². The first-order valence-electron chi connectivity index (χ1n) is 9.73. The Labute approximate surface area is 151 Å². The molecule has 3 rings (SSSR count). The average molecular weight is 342 g/mol. The zero-order chi connectivity index (χ0) is 17.8. The number of carbonyl (C=O) groups is 2. The molecule has 1 N–H and O–H groups in total. The lowest BCUT2D eigenvalue weighted by atomic mass is 9.88. The molecule has 4 nitrogen and oxygen atoms in total. The van der Waals surface area contributed by atoms with Gasteiger partial charge in [0.2, 0.25) is 5.91 Å². The number of nitrogens with zero attached hydrogens (tertiary/aromatic N) is 1. The number of nitrogens with one attached hydrogen (secondary N) is 1. The number of amides is 1. The normalized spacial score (nSPS) is 21.8. The Hall–Kier alpha value is -1.68. The Balaban J connectivity index is 1.64. The summed E-state index contributed by atoms with van der Waals surface area (Å²) in [5.74, 6) is 0.835. The predicted octanol–water partition coefficient (Wildman–Crippen LogP) is 3.37. The number of carbonyl (C=O) groups excluding carboxylic acids is 2. The maximum absolute atomic E-state index is 12.5. The van der Waals surface area contributed by atoms with E-state index in [1.165, 1.54) is 18.4 Å². The van der Waals surface area contributed by atoms with Gasteiger partial charge in [-0.25, -0.2) is 0 Å². The highest BCUT2D eigenvalue weighted by molar-refractivity contribution is 5.97. The fourth-order valence-corrected chi connectivity index (χ4v) is 3.52. The van der Waals surface area contributed by atoms with E-state index in [-0.39, 0.29) is 17.6 Å². The van der Waals surface area contributed by atoms with E-state index in [1.807, 2.05) is 30.9 Å². The van der Waals surface area contributed by atoms with Crippen molar-refractivity contribution in [3.8, 4) is 0 Å². The van der Waals surface area contributed by atoms with Gasteiger partial charge in [-0.1, -0.05) is 32.0 Å². The minimum Gasteiger partial charge on any atom is -0.341 e. The van der Waals surface area contributed by atoms with Gasteiger partial charge in [-0.05, 0) is 43.7 Å². The third-order valence-electron chi connectivity index (χ3n) is 5.60. The molecule has 0 spiro atoms. The SMILES string of the molecule is CCC(C)C(=O)c1cccc(C2CCCN(C(=O)CNC3CC3)C2)c1. The van der Waals surface area contributed by atoms with Crippen LogP contribution in [0, 0.1) is 5.92 Å². The van der Waals surface area contributed by atoms with Crippen molar-refractivity contribution in [3.63, 3.8) is 0 Å². The van der Waals surface area contributed by atoms with E-state index >= 15 is 0 Å². The van der Waals surface area contributed by atoms with Crippen molar-refractivity contribution in [2.45, 2.75) is 57.9 Å². The van der Waals surface area contributed by atoms with Gasteiger partial charge >= 0.3 is 0 Å². The summed E-state index contributed by atoms with van der Waals surface area (Å²) >= 11 is 0. The van der Waals surface area contributed by atoms with Gasteiger partial charge in [0.15, 0.2) is 5.78 Å². The molecule has 136 valence electrons. The zero-order valence-electron chi connectivity index (χ0n) is 15.5. The van der Waals surface area contributed by atoms with Gasteiger partial charge in [0.05, 0.1) is 6.54 Å². The van der Waals surface area contributed by atoms with Crippen LogP contribution in [0.15, 0.2) is 24.3 Å². The number of piperidine rings is 1. The molecule has 2 fully saturated rings. The van der Waals surface area contributed by atoms with Crippen LogP contribution >= 0.6 is 0 Å². The Morgan fingerprint density at radius 2 is 2.08 bits per heavy atom. The number of benzene rings is 1. The summed E-state index contributed by atoms with van der Waals surface area (Å²) < 4.78 is 0. The van der Waals surface area contributed by atoms with E-state index in [2.05, 4.69) is 17.4 Å². The Morgan fingerprint density at radius 1 is 1.28 bits per heavy atom. The molecule has 1 aliphatic heterocycles. The maximum atomic E-state index is 12.5. The van der Waals surface area contributed by atoms with Crippen LogP contribution in [0.1, 0.15) is 67.8 Å². The van der Waals surface area contributed by atoms with Crippen LogP contribution in [-0.4, -0.2) is 42.3 Å². The van der Waals surface area contributed by atoms with E-state index in [0.717, 1.165) is 37.9 Å². The van der Waals surface area contributed by atoms with Gasteiger partial charge in [0, 0.05) is 36.5 Å². The minimum absolute atomic E-state index is 0.0631. The fraction of sp³-hybridized carbons (Fsp3) is 0.619. The van der Waals surface area contributed by atoms with Crippen molar-refractivity contribution in [2.24, 2.45) is 5.92 Å².